The Kier molecular flexibility index (Phi) is 3.65. The SMILES string of the molecule is CCc1ccc([C@H]2CC(=O)Nc3c2c(C)nn3-c2nc3ccccc3[nH]2)s1. The number of aromatic nitrogens is 4. The molecule has 1 aromatic carbocycles. The maximum absolute atomic E-state index is 12.5. The Morgan fingerprint density at radius 1 is 1.26 bits per heavy atom. The van der Waals surface area contributed by atoms with Gasteiger partial charge in [0, 0.05) is 27.7 Å². The van der Waals surface area contributed by atoms with Crippen LogP contribution in [0, 0.1) is 6.92 Å². The molecule has 5 rings (SSSR count). The number of H-pyrrole nitrogens is 1. The number of thiophene rings is 1. The lowest BCUT2D eigenvalue weighted by Gasteiger charge is -2.22. The van der Waals surface area contributed by atoms with Gasteiger partial charge >= 0.3 is 0 Å². The van der Waals surface area contributed by atoms with E-state index < -0.39 is 0 Å². The smallest absolute Gasteiger partial charge is 0.231 e. The molecule has 2 N–H and O–H groups in total. The topological polar surface area (TPSA) is 75.6 Å². The number of carbonyl (C=O) groups excluding carboxylic acids is 1. The van der Waals surface area contributed by atoms with Crippen LogP contribution in [0.1, 0.15) is 40.3 Å². The highest BCUT2D eigenvalue weighted by Crippen LogP contribution is 2.42. The maximum Gasteiger partial charge on any atom is 0.231 e. The molecule has 6 nitrogen and oxygen atoms in total. The van der Waals surface area contributed by atoms with Crippen LogP contribution in [0.4, 0.5) is 5.82 Å². The van der Waals surface area contributed by atoms with Crippen LogP contribution in [0.2, 0.25) is 0 Å². The first-order valence-corrected chi connectivity index (χ1v) is 9.88. The van der Waals surface area contributed by atoms with Gasteiger partial charge in [-0.05, 0) is 37.6 Å². The maximum atomic E-state index is 12.5. The number of anilines is 1. The minimum atomic E-state index is 0.0104. The van der Waals surface area contributed by atoms with E-state index in [4.69, 9.17) is 5.10 Å². The van der Waals surface area contributed by atoms with E-state index >= 15 is 0 Å². The van der Waals surface area contributed by atoms with Gasteiger partial charge in [-0.1, -0.05) is 19.1 Å². The quantitative estimate of drug-likeness (QED) is 0.563. The van der Waals surface area contributed by atoms with Crippen LogP contribution >= 0.6 is 11.3 Å². The fourth-order valence-electron chi connectivity index (χ4n) is 3.75. The normalized spacial score (nSPS) is 16.5. The summed E-state index contributed by atoms with van der Waals surface area (Å²) >= 11 is 1.78. The number of hydrogen-bond acceptors (Lipinski definition) is 4. The monoisotopic (exact) mass is 377 g/mol. The minimum absolute atomic E-state index is 0.0104. The molecule has 1 aliphatic rings. The first kappa shape index (κ1) is 16.3. The van der Waals surface area contributed by atoms with Crippen molar-refractivity contribution < 1.29 is 4.79 Å². The van der Waals surface area contributed by atoms with Crippen molar-refractivity contribution in [1.29, 1.82) is 0 Å². The van der Waals surface area contributed by atoms with E-state index in [-0.39, 0.29) is 11.8 Å². The van der Waals surface area contributed by atoms with Gasteiger partial charge in [0.2, 0.25) is 11.9 Å². The van der Waals surface area contributed by atoms with Crippen LogP contribution in [0.5, 0.6) is 0 Å². The van der Waals surface area contributed by atoms with Crippen molar-refractivity contribution in [3.63, 3.8) is 0 Å². The zero-order valence-electron chi connectivity index (χ0n) is 15.1. The Morgan fingerprint density at radius 3 is 2.89 bits per heavy atom. The highest BCUT2D eigenvalue weighted by Gasteiger charge is 2.34. The third-order valence-electron chi connectivity index (χ3n) is 5.05. The number of imidazole rings is 1. The molecule has 4 aromatic rings. The van der Waals surface area contributed by atoms with E-state index in [2.05, 4.69) is 34.3 Å². The number of rotatable bonds is 3. The molecule has 0 fully saturated rings. The van der Waals surface area contributed by atoms with Gasteiger partial charge in [-0.15, -0.1) is 11.3 Å². The van der Waals surface area contributed by atoms with Crippen molar-refractivity contribution in [1.82, 2.24) is 19.7 Å². The van der Waals surface area contributed by atoms with Crippen molar-refractivity contribution in [3.8, 4) is 5.95 Å². The predicted octanol–water partition coefficient (Wildman–Crippen LogP) is 4.16. The van der Waals surface area contributed by atoms with Crippen molar-refractivity contribution in [2.75, 3.05) is 5.32 Å². The molecule has 1 atom stereocenters. The summed E-state index contributed by atoms with van der Waals surface area (Å²) in [5, 5.41) is 7.73. The average Bonchev–Trinajstić information content (AvgIpc) is 3.37. The summed E-state index contributed by atoms with van der Waals surface area (Å²) in [5.74, 6) is 1.38. The molecule has 0 saturated carbocycles. The van der Waals surface area contributed by atoms with Crippen molar-refractivity contribution in [3.05, 3.63) is 57.4 Å². The molecule has 0 unspecified atom stereocenters. The van der Waals surface area contributed by atoms with E-state index in [1.165, 1.54) is 9.75 Å². The summed E-state index contributed by atoms with van der Waals surface area (Å²) in [5.41, 5.74) is 3.82. The second-order valence-corrected chi connectivity index (χ2v) is 8.00. The molecular weight excluding hydrogens is 358 g/mol. The van der Waals surface area contributed by atoms with Crippen LogP contribution in [0.25, 0.3) is 17.0 Å². The standard InChI is InChI=1S/C20H19N5OS/c1-3-12-8-9-16(27-12)13-10-17(26)23-19-18(13)11(2)24-25(19)20-21-14-6-4-5-7-15(14)22-20/h4-9,13H,3,10H2,1-2H3,(H,21,22)(H,23,26)/t13-/m1/s1. The van der Waals surface area contributed by atoms with Gasteiger partial charge in [0.1, 0.15) is 5.82 Å². The molecule has 136 valence electrons. The third-order valence-corrected chi connectivity index (χ3v) is 6.40. The number of aromatic amines is 1. The Labute approximate surface area is 160 Å². The Morgan fingerprint density at radius 2 is 2.11 bits per heavy atom. The van der Waals surface area contributed by atoms with Crippen molar-refractivity contribution in [2.45, 2.75) is 32.6 Å². The Hall–Kier alpha value is -2.93. The number of nitrogens with one attached hydrogen (secondary N) is 2. The number of hydrogen-bond donors (Lipinski definition) is 2. The summed E-state index contributed by atoms with van der Waals surface area (Å²) in [4.78, 5) is 23.0. The number of aryl methyl sites for hydroxylation is 2. The first-order valence-electron chi connectivity index (χ1n) is 9.07. The van der Waals surface area contributed by atoms with Gasteiger partial charge in [0.05, 0.1) is 16.7 Å². The van der Waals surface area contributed by atoms with Gasteiger partial charge in [0.15, 0.2) is 0 Å². The number of fused-ring (bicyclic) bond motifs is 2. The molecule has 4 heterocycles. The highest BCUT2D eigenvalue weighted by molar-refractivity contribution is 7.12. The lowest BCUT2D eigenvalue weighted by molar-refractivity contribution is -0.116. The van der Waals surface area contributed by atoms with E-state index in [0.29, 0.717) is 12.4 Å². The van der Waals surface area contributed by atoms with Gasteiger partial charge < -0.3 is 10.3 Å². The lowest BCUT2D eigenvalue weighted by Crippen LogP contribution is -2.24. The minimum Gasteiger partial charge on any atom is -0.322 e. The summed E-state index contributed by atoms with van der Waals surface area (Å²) in [6.07, 6.45) is 1.46. The van der Waals surface area contributed by atoms with Crippen LogP contribution < -0.4 is 5.32 Å². The lowest BCUT2D eigenvalue weighted by atomic mass is 9.91. The molecule has 3 aromatic heterocycles. The van der Waals surface area contributed by atoms with E-state index in [9.17, 15) is 4.79 Å². The molecule has 0 radical (unpaired) electrons. The summed E-state index contributed by atoms with van der Waals surface area (Å²) in [6, 6.07) is 12.2. The summed E-state index contributed by atoms with van der Waals surface area (Å²) in [6.45, 7) is 4.15. The van der Waals surface area contributed by atoms with Gasteiger partial charge in [-0.25, -0.2) is 4.98 Å². The predicted molar refractivity (Wildman–Crippen MR) is 107 cm³/mol. The average molecular weight is 377 g/mol. The van der Waals surface area contributed by atoms with Crippen molar-refractivity contribution in [2.24, 2.45) is 0 Å². The molecule has 1 aliphatic heterocycles. The van der Waals surface area contributed by atoms with E-state index in [0.717, 1.165) is 34.5 Å². The first-order chi connectivity index (χ1) is 13.1. The number of nitrogens with zero attached hydrogens (tertiary/aromatic N) is 3. The zero-order chi connectivity index (χ0) is 18.5. The molecule has 7 heteroatoms. The van der Waals surface area contributed by atoms with Gasteiger partial charge in [0.25, 0.3) is 0 Å². The molecule has 0 aliphatic carbocycles. The van der Waals surface area contributed by atoms with Gasteiger partial charge in [-0.3, -0.25) is 4.79 Å². The molecular formula is C20H19N5OS. The van der Waals surface area contributed by atoms with Crippen LogP contribution in [0.15, 0.2) is 36.4 Å². The second kappa shape index (κ2) is 6.06. The Balaban J connectivity index is 1.66. The van der Waals surface area contributed by atoms with Crippen LogP contribution in [-0.2, 0) is 11.2 Å². The fraction of sp³-hybridized carbons (Fsp3) is 0.250. The second-order valence-electron chi connectivity index (χ2n) is 6.80. The summed E-state index contributed by atoms with van der Waals surface area (Å²) < 4.78 is 1.73. The Bertz CT molecular complexity index is 1140. The number of para-hydroxylation sites is 2. The highest BCUT2D eigenvalue weighted by atomic mass is 32.1. The fourth-order valence-corrected chi connectivity index (χ4v) is 4.82. The van der Waals surface area contributed by atoms with Crippen molar-refractivity contribution >= 4 is 34.1 Å². The zero-order valence-corrected chi connectivity index (χ0v) is 15.9. The van der Waals surface area contributed by atoms with Gasteiger partial charge in [-0.2, -0.15) is 9.78 Å². The number of benzene rings is 1. The molecule has 1 amide bonds. The molecule has 0 bridgehead atoms. The molecule has 0 spiro atoms. The summed E-state index contributed by atoms with van der Waals surface area (Å²) in [7, 11) is 0. The third kappa shape index (κ3) is 2.57. The number of amides is 1. The van der Waals surface area contributed by atoms with E-state index in [1.807, 2.05) is 31.2 Å². The molecule has 27 heavy (non-hydrogen) atoms. The van der Waals surface area contributed by atoms with E-state index in [1.54, 1.807) is 16.0 Å². The van der Waals surface area contributed by atoms with Crippen LogP contribution in [0.3, 0.4) is 0 Å². The van der Waals surface area contributed by atoms with Crippen LogP contribution in [-0.4, -0.2) is 25.7 Å². The molecule has 0 saturated heterocycles. The number of carbonyl (C=O) groups is 1. The largest absolute Gasteiger partial charge is 0.322 e.